The molecule has 2 unspecified atom stereocenters. The van der Waals surface area contributed by atoms with E-state index in [1.54, 1.807) is 0 Å². The third-order valence-electron chi connectivity index (χ3n) is 3.81. The number of aliphatic hydroxyl groups excluding tert-OH is 1. The van der Waals surface area contributed by atoms with Gasteiger partial charge in [-0.25, -0.2) is 13.1 Å². The first-order chi connectivity index (χ1) is 9.83. The minimum atomic E-state index is -3.98. The van der Waals surface area contributed by atoms with Crippen LogP contribution in [-0.4, -0.2) is 31.1 Å². The maximum absolute atomic E-state index is 12.3. The third-order valence-corrected chi connectivity index (χ3v) is 5.43. The Morgan fingerprint density at radius 1 is 1.43 bits per heavy atom. The molecule has 2 rings (SSSR count). The Morgan fingerprint density at radius 3 is 2.71 bits per heavy atom. The average Bonchev–Trinajstić information content (AvgIpc) is 2.81. The van der Waals surface area contributed by atoms with E-state index in [4.69, 9.17) is 0 Å². The summed E-state index contributed by atoms with van der Waals surface area (Å²) in [6, 6.07) is 4.14. The molecule has 7 nitrogen and oxygen atoms in total. The minimum Gasteiger partial charge on any atom is -0.393 e. The standard InChI is InChI=1S/C13H18N2O5S/c1-9-4-2-6-11(15(17)18)13(9)21(19,20)14-8-10-5-3-7-12(10)16/h2,4,6,10,12,14,16H,3,5,7-8H2,1H3. The van der Waals surface area contributed by atoms with Crippen LogP contribution in [-0.2, 0) is 10.0 Å². The number of sulfonamides is 1. The van der Waals surface area contributed by atoms with Crippen molar-refractivity contribution in [2.45, 2.75) is 37.2 Å². The largest absolute Gasteiger partial charge is 0.393 e. The third kappa shape index (κ3) is 3.39. The summed E-state index contributed by atoms with van der Waals surface area (Å²) in [5, 5.41) is 20.7. The lowest BCUT2D eigenvalue weighted by atomic mass is 10.1. The fraction of sp³-hybridized carbons (Fsp3) is 0.538. The molecule has 0 aliphatic heterocycles. The molecule has 0 amide bonds. The summed E-state index contributed by atoms with van der Waals surface area (Å²) >= 11 is 0. The number of nitrogens with one attached hydrogen (secondary N) is 1. The molecule has 1 aromatic rings. The van der Waals surface area contributed by atoms with E-state index in [0.29, 0.717) is 12.0 Å². The number of nitro groups is 1. The molecule has 0 radical (unpaired) electrons. The van der Waals surface area contributed by atoms with Gasteiger partial charge in [0.2, 0.25) is 10.0 Å². The Labute approximate surface area is 123 Å². The van der Waals surface area contributed by atoms with E-state index < -0.39 is 26.7 Å². The van der Waals surface area contributed by atoms with Gasteiger partial charge in [-0.2, -0.15) is 0 Å². The topological polar surface area (TPSA) is 110 Å². The Balaban J connectivity index is 2.25. The molecule has 1 saturated carbocycles. The predicted octanol–water partition coefficient (Wildman–Crippen LogP) is 1.34. The van der Waals surface area contributed by atoms with Crippen LogP contribution in [0.1, 0.15) is 24.8 Å². The van der Waals surface area contributed by atoms with Crippen LogP contribution in [0.25, 0.3) is 0 Å². The summed E-state index contributed by atoms with van der Waals surface area (Å²) in [5.74, 6) is -0.136. The van der Waals surface area contributed by atoms with Crippen LogP contribution in [0.3, 0.4) is 0 Å². The van der Waals surface area contributed by atoms with Crippen molar-refractivity contribution in [3.8, 4) is 0 Å². The number of aliphatic hydroxyl groups is 1. The highest BCUT2D eigenvalue weighted by atomic mass is 32.2. The lowest BCUT2D eigenvalue weighted by Gasteiger charge is -2.16. The van der Waals surface area contributed by atoms with Crippen LogP contribution >= 0.6 is 0 Å². The van der Waals surface area contributed by atoms with Crippen molar-refractivity contribution < 1.29 is 18.4 Å². The quantitative estimate of drug-likeness (QED) is 0.629. The van der Waals surface area contributed by atoms with Gasteiger partial charge in [0.05, 0.1) is 11.0 Å². The van der Waals surface area contributed by atoms with Crippen LogP contribution in [0.4, 0.5) is 5.69 Å². The van der Waals surface area contributed by atoms with Crippen LogP contribution in [0, 0.1) is 23.0 Å². The van der Waals surface area contributed by atoms with Gasteiger partial charge in [0, 0.05) is 12.6 Å². The normalized spacial score (nSPS) is 22.4. The van der Waals surface area contributed by atoms with Crippen molar-refractivity contribution >= 4 is 15.7 Å². The van der Waals surface area contributed by atoms with E-state index >= 15 is 0 Å². The number of aryl methyl sites for hydroxylation is 1. The average molecular weight is 314 g/mol. The Morgan fingerprint density at radius 2 is 2.14 bits per heavy atom. The second-order valence-electron chi connectivity index (χ2n) is 5.29. The number of hydrogen-bond acceptors (Lipinski definition) is 5. The lowest BCUT2D eigenvalue weighted by Crippen LogP contribution is -2.33. The van der Waals surface area contributed by atoms with Gasteiger partial charge in [-0.3, -0.25) is 10.1 Å². The molecule has 0 aromatic heterocycles. The maximum Gasteiger partial charge on any atom is 0.289 e. The van der Waals surface area contributed by atoms with Crippen LogP contribution < -0.4 is 4.72 Å². The van der Waals surface area contributed by atoms with Gasteiger partial charge < -0.3 is 5.11 Å². The molecule has 0 heterocycles. The van der Waals surface area contributed by atoms with E-state index in [1.165, 1.54) is 25.1 Å². The molecule has 2 atom stereocenters. The molecule has 1 aromatic carbocycles. The predicted molar refractivity (Wildman–Crippen MR) is 76.4 cm³/mol. The molecule has 1 aliphatic rings. The molecule has 1 aliphatic carbocycles. The molecule has 8 heteroatoms. The lowest BCUT2D eigenvalue weighted by molar-refractivity contribution is -0.387. The molecule has 2 N–H and O–H groups in total. The number of hydrogen-bond donors (Lipinski definition) is 2. The molecule has 21 heavy (non-hydrogen) atoms. The highest BCUT2D eigenvalue weighted by molar-refractivity contribution is 7.89. The monoisotopic (exact) mass is 314 g/mol. The fourth-order valence-corrected chi connectivity index (χ4v) is 4.16. The van der Waals surface area contributed by atoms with E-state index in [2.05, 4.69) is 4.72 Å². The van der Waals surface area contributed by atoms with Gasteiger partial charge in [-0.15, -0.1) is 0 Å². The molecular formula is C13H18N2O5S. The Hall–Kier alpha value is -1.51. The number of nitro benzene ring substituents is 1. The second kappa shape index (κ2) is 6.08. The Bertz CT molecular complexity index is 644. The highest BCUT2D eigenvalue weighted by Gasteiger charge is 2.31. The number of nitrogens with zero attached hydrogens (tertiary/aromatic N) is 1. The smallest absolute Gasteiger partial charge is 0.289 e. The summed E-state index contributed by atoms with van der Waals surface area (Å²) in [7, 11) is -3.98. The van der Waals surface area contributed by atoms with Crippen molar-refractivity contribution in [3.05, 3.63) is 33.9 Å². The van der Waals surface area contributed by atoms with E-state index in [9.17, 15) is 23.6 Å². The van der Waals surface area contributed by atoms with E-state index in [-0.39, 0.29) is 17.4 Å². The first-order valence-corrected chi connectivity index (χ1v) is 8.23. The van der Waals surface area contributed by atoms with Crippen LogP contribution in [0.5, 0.6) is 0 Å². The SMILES string of the molecule is Cc1cccc([N+](=O)[O-])c1S(=O)(=O)NCC1CCCC1O. The van der Waals surface area contributed by atoms with Gasteiger partial charge in [0.25, 0.3) is 5.69 Å². The van der Waals surface area contributed by atoms with Gasteiger partial charge in [0.1, 0.15) is 0 Å². The van der Waals surface area contributed by atoms with Crippen molar-refractivity contribution in [2.24, 2.45) is 5.92 Å². The Kier molecular flexibility index (Phi) is 4.60. The summed E-state index contributed by atoms with van der Waals surface area (Å²) in [5.41, 5.74) is -0.113. The van der Waals surface area contributed by atoms with Gasteiger partial charge in [0.15, 0.2) is 4.90 Å². The summed E-state index contributed by atoms with van der Waals surface area (Å²) in [6.45, 7) is 1.61. The molecule has 116 valence electrons. The zero-order valence-electron chi connectivity index (χ0n) is 11.7. The van der Waals surface area contributed by atoms with Crippen molar-refractivity contribution in [1.29, 1.82) is 0 Å². The first-order valence-electron chi connectivity index (χ1n) is 6.74. The van der Waals surface area contributed by atoms with Crippen LogP contribution in [0.15, 0.2) is 23.1 Å². The molecule has 0 bridgehead atoms. The van der Waals surface area contributed by atoms with Gasteiger partial charge >= 0.3 is 0 Å². The molecular weight excluding hydrogens is 296 g/mol. The van der Waals surface area contributed by atoms with Gasteiger partial charge in [-0.05, 0) is 31.2 Å². The van der Waals surface area contributed by atoms with Crippen molar-refractivity contribution in [3.63, 3.8) is 0 Å². The van der Waals surface area contributed by atoms with E-state index in [0.717, 1.165) is 12.8 Å². The molecule has 0 saturated heterocycles. The van der Waals surface area contributed by atoms with Crippen molar-refractivity contribution in [2.75, 3.05) is 6.54 Å². The number of rotatable bonds is 5. The minimum absolute atomic E-state index is 0.0923. The maximum atomic E-state index is 12.3. The first kappa shape index (κ1) is 15.9. The number of benzene rings is 1. The second-order valence-corrected chi connectivity index (χ2v) is 6.99. The molecule has 0 spiro atoms. The summed E-state index contributed by atoms with van der Waals surface area (Å²) < 4.78 is 27.1. The van der Waals surface area contributed by atoms with Crippen LogP contribution in [0.2, 0.25) is 0 Å². The van der Waals surface area contributed by atoms with Crippen molar-refractivity contribution in [1.82, 2.24) is 4.72 Å². The fourth-order valence-electron chi connectivity index (χ4n) is 2.67. The highest BCUT2D eigenvalue weighted by Crippen LogP contribution is 2.28. The summed E-state index contributed by atoms with van der Waals surface area (Å²) in [6.07, 6.45) is 1.76. The molecule has 1 fully saturated rings. The summed E-state index contributed by atoms with van der Waals surface area (Å²) in [4.78, 5) is 10.0. The van der Waals surface area contributed by atoms with E-state index in [1.807, 2.05) is 0 Å². The van der Waals surface area contributed by atoms with Gasteiger partial charge in [-0.1, -0.05) is 18.6 Å². The zero-order valence-corrected chi connectivity index (χ0v) is 12.5. The zero-order chi connectivity index (χ0) is 15.6.